The number of nitrogens with one attached hydrogen (secondary N) is 1. The van der Waals surface area contributed by atoms with Crippen molar-refractivity contribution in [2.45, 2.75) is 26.8 Å². The smallest absolute Gasteiger partial charge is 0.267 e. The lowest BCUT2D eigenvalue weighted by atomic mass is 10.1. The molecule has 0 spiro atoms. The highest BCUT2D eigenvalue weighted by Gasteiger charge is 2.03. The van der Waals surface area contributed by atoms with E-state index in [1.54, 1.807) is 10.7 Å². The van der Waals surface area contributed by atoms with E-state index in [1.165, 1.54) is 0 Å². The number of aromatic nitrogens is 2. The van der Waals surface area contributed by atoms with Crippen LogP contribution in [-0.2, 0) is 13.0 Å². The summed E-state index contributed by atoms with van der Waals surface area (Å²) in [7, 11) is 0. The summed E-state index contributed by atoms with van der Waals surface area (Å²) in [4.78, 5) is 11.7. The minimum Gasteiger partial charge on any atom is -0.299 e. The monoisotopic (exact) mass is 250 g/mol. The molecule has 0 radical (unpaired) electrons. The Balaban J connectivity index is 2.28. The van der Waals surface area contributed by atoms with Crippen molar-refractivity contribution in [1.82, 2.24) is 9.78 Å². The highest BCUT2D eigenvalue weighted by Crippen LogP contribution is 2.16. The maximum Gasteiger partial charge on any atom is 0.267 e. The maximum atomic E-state index is 11.7. The molecule has 4 heteroatoms. The van der Waals surface area contributed by atoms with E-state index in [0.717, 1.165) is 28.3 Å². The Kier molecular flexibility index (Phi) is 3.38. The van der Waals surface area contributed by atoms with Gasteiger partial charge in [0.25, 0.3) is 5.56 Å². The summed E-state index contributed by atoms with van der Waals surface area (Å²) in [6.45, 7) is 4.53. The van der Waals surface area contributed by atoms with Gasteiger partial charge in [-0.05, 0) is 30.5 Å². The zero-order valence-electron chi connectivity index (χ0n) is 9.96. The van der Waals surface area contributed by atoms with Crippen molar-refractivity contribution in [3.05, 3.63) is 56.5 Å². The van der Waals surface area contributed by atoms with Gasteiger partial charge in [0.05, 0.1) is 6.54 Å². The zero-order valence-corrected chi connectivity index (χ0v) is 10.7. The maximum absolute atomic E-state index is 11.7. The largest absolute Gasteiger partial charge is 0.299 e. The number of aryl methyl sites for hydroxylation is 2. The van der Waals surface area contributed by atoms with E-state index < -0.39 is 0 Å². The predicted molar refractivity (Wildman–Crippen MR) is 69.7 cm³/mol. The fourth-order valence-corrected chi connectivity index (χ4v) is 1.89. The van der Waals surface area contributed by atoms with Crippen molar-refractivity contribution in [2.24, 2.45) is 0 Å². The van der Waals surface area contributed by atoms with Crippen LogP contribution in [0.1, 0.15) is 23.7 Å². The summed E-state index contributed by atoms with van der Waals surface area (Å²) in [5.41, 5.74) is 3.06. The number of aromatic amines is 1. The van der Waals surface area contributed by atoms with Gasteiger partial charge in [0.1, 0.15) is 0 Å². The van der Waals surface area contributed by atoms with Gasteiger partial charge >= 0.3 is 0 Å². The van der Waals surface area contributed by atoms with Crippen LogP contribution in [0.3, 0.4) is 0 Å². The standard InChI is InChI=1S/C13H15ClN2O/c1-3-11-7-13(17)16(15-11)8-10-4-5-12(14)9(2)6-10/h4-7,15H,3,8H2,1-2H3. The molecule has 3 nitrogen and oxygen atoms in total. The Morgan fingerprint density at radius 1 is 1.35 bits per heavy atom. The number of benzene rings is 1. The third kappa shape index (κ3) is 2.61. The minimum absolute atomic E-state index is 0.00875. The summed E-state index contributed by atoms with van der Waals surface area (Å²) in [5, 5.41) is 3.84. The van der Waals surface area contributed by atoms with Gasteiger partial charge in [-0.3, -0.25) is 9.89 Å². The molecule has 1 aromatic heterocycles. The van der Waals surface area contributed by atoms with E-state index in [-0.39, 0.29) is 5.56 Å². The molecule has 0 bridgehead atoms. The third-order valence-corrected chi connectivity index (χ3v) is 3.21. The lowest BCUT2D eigenvalue weighted by Gasteiger charge is -2.05. The second-order valence-corrected chi connectivity index (χ2v) is 4.55. The van der Waals surface area contributed by atoms with Crippen LogP contribution in [-0.4, -0.2) is 9.78 Å². The van der Waals surface area contributed by atoms with Gasteiger partial charge in [-0.25, -0.2) is 4.68 Å². The molecule has 2 aromatic rings. The summed E-state index contributed by atoms with van der Waals surface area (Å²) < 4.78 is 1.61. The second-order valence-electron chi connectivity index (χ2n) is 4.14. The number of hydrogen-bond donors (Lipinski definition) is 1. The van der Waals surface area contributed by atoms with Crippen LogP contribution in [0, 0.1) is 6.92 Å². The molecule has 0 unspecified atom stereocenters. The van der Waals surface area contributed by atoms with E-state index in [2.05, 4.69) is 5.10 Å². The van der Waals surface area contributed by atoms with E-state index in [0.29, 0.717) is 6.54 Å². The normalized spacial score (nSPS) is 10.8. The highest BCUT2D eigenvalue weighted by atomic mass is 35.5. The quantitative estimate of drug-likeness (QED) is 0.894. The average Bonchev–Trinajstić information content (AvgIpc) is 2.65. The number of nitrogens with zero attached hydrogens (tertiary/aromatic N) is 1. The lowest BCUT2D eigenvalue weighted by molar-refractivity contribution is 0.652. The molecule has 2 rings (SSSR count). The molecule has 90 valence electrons. The van der Waals surface area contributed by atoms with Gasteiger partial charge in [0, 0.05) is 16.8 Å². The van der Waals surface area contributed by atoms with E-state index in [9.17, 15) is 4.79 Å². The van der Waals surface area contributed by atoms with Crippen LogP contribution in [0.4, 0.5) is 0 Å². The molecule has 0 aliphatic heterocycles. The molecule has 0 atom stereocenters. The number of H-pyrrole nitrogens is 1. The van der Waals surface area contributed by atoms with Crippen molar-refractivity contribution < 1.29 is 0 Å². The molecule has 0 saturated heterocycles. The lowest BCUT2D eigenvalue weighted by Crippen LogP contribution is -2.16. The molecule has 0 saturated carbocycles. The van der Waals surface area contributed by atoms with E-state index >= 15 is 0 Å². The minimum atomic E-state index is 0.00875. The number of rotatable bonds is 3. The summed E-state index contributed by atoms with van der Waals surface area (Å²) >= 11 is 5.97. The molecule has 0 aliphatic carbocycles. The fourth-order valence-electron chi connectivity index (χ4n) is 1.77. The zero-order chi connectivity index (χ0) is 12.4. The Labute approximate surface area is 105 Å². The predicted octanol–water partition coefficient (Wildman–Crippen LogP) is 2.75. The van der Waals surface area contributed by atoms with E-state index in [1.807, 2.05) is 32.0 Å². The van der Waals surface area contributed by atoms with Crippen LogP contribution >= 0.6 is 11.6 Å². The van der Waals surface area contributed by atoms with Gasteiger partial charge in [0.2, 0.25) is 0 Å². The Bertz CT molecular complexity index is 583. The topological polar surface area (TPSA) is 37.8 Å². The van der Waals surface area contributed by atoms with Crippen molar-refractivity contribution in [3.63, 3.8) is 0 Å². The first-order chi connectivity index (χ1) is 8.10. The molecule has 17 heavy (non-hydrogen) atoms. The van der Waals surface area contributed by atoms with Gasteiger partial charge in [0.15, 0.2) is 0 Å². The SMILES string of the molecule is CCc1cc(=O)n(Cc2ccc(Cl)c(C)c2)[nH]1. The molecule has 0 fully saturated rings. The molecule has 1 heterocycles. The molecule has 1 aromatic carbocycles. The van der Waals surface area contributed by atoms with Gasteiger partial charge in [-0.2, -0.15) is 0 Å². The Morgan fingerprint density at radius 3 is 2.71 bits per heavy atom. The van der Waals surface area contributed by atoms with Crippen LogP contribution < -0.4 is 5.56 Å². The van der Waals surface area contributed by atoms with Gasteiger partial charge < -0.3 is 0 Å². The summed E-state index contributed by atoms with van der Waals surface area (Å²) in [5.74, 6) is 0. The molecule has 1 N–H and O–H groups in total. The first-order valence-electron chi connectivity index (χ1n) is 5.64. The van der Waals surface area contributed by atoms with Crippen LogP contribution in [0.15, 0.2) is 29.1 Å². The summed E-state index contributed by atoms with van der Waals surface area (Å²) in [6.07, 6.45) is 0.835. The first kappa shape index (κ1) is 12.0. The number of hydrogen-bond acceptors (Lipinski definition) is 1. The Hall–Kier alpha value is -1.48. The van der Waals surface area contributed by atoms with Crippen LogP contribution in [0.2, 0.25) is 5.02 Å². The second kappa shape index (κ2) is 4.80. The first-order valence-corrected chi connectivity index (χ1v) is 6.01. The van der Waals surface area contributed by atoms with Crippen molar-refractivity contribution in [2.75, 3.05) is 0 Å². The number of halogens is 1. The Morgan fingerprint density at radius 2 is 2.12 bits per heavy atom. The highest BCUT2D eigenvalue weighted by molar-refractivity contribution is 6.31. The van der Waals surface area contributed by atoms with Crippen LogP contribution in [0.25, 0.3) is 0 Å². The van der Waals surface area contributed by atoms with Crippen molar-refractivity contribution in [1.29, 1.82) is 0 Å². The van der Waals surface area contributed by atoms with Gasteiger partial charge in [-0.15, -0.1) is 0 Å². The average molecular weight is 251 g/mol. The molecular formula is C13H15ClN2O. The molecule has 0 amide bonds. The van der Waals surface area contributed by atoms with Crippen molar-refractivity contribution >= 4 is 11.6 Å². The molecule has 0 aliphatic rings. The summed E-state index contributed by atoms with van der Waals surface area (Å²) in [6, 6.07) is 7.44. The van der Waals surface area contributed by atoms with Crippen molar-refractivity contribution in [3.8, 4) is 0 Å². The third-order valence-electron chi connectivity index (χ3n) is 2.79. The van der Waals surface area contributed by atoms with Gasteiger partial charge in [-0.1, -0.05) is 30.7 Å². The van der Waals surface area contributed by atoms with Crippen LogP contribution in [0.5, 0.6) is 0 Å². The van der Waals surface area contributed by atoms with E-state index in [4.69, 9.17) is 11.6 Å². The fraction of sp³-hybridized carbons (Fsp3) is 0.308. The molecular weight excluding hydrogens is 236 g/mol.